The molecule has 2 aromatic rings. The van der Waals surface area contributed by atoms with Gasteiger partial charge < -0.3 is 19.7 Å². The summed E-state index contributed by atoms with van der Waals surface area (Å²) in [6.45, 7) is 11.3. The SMILES string of the molecule is CCN1C(=O)OCc2cnc(N[C@@H](C)c3ccc(C#CC4CN(C(=O)OC(C)(C)C)C4)cc3)nc21. The quantitative estimate of drug-likeness (QED) is 0.654. The highest BCUT2D eigenvalue weighted by Gasteiger charge is 2.32. The number of cyclic esters (lactones) is 1. The molecule has 1 aromatic heterocycles. The van der Waals surface area contributed by atoms with Crippen molar-refractivity contribution in [3.05, 3.63) is 47.2 Å². The van der Waals surface area contributed by atoms with Gasteiger partial charge in [0, 0.05) is 31.4 Å². The average Bonchev–Trinajstić information content (AvgIpc) is 2.77. The number of anilines is 2. The second kappa shape index (κ2) is 9.82. The maximum absolute atomic E-state index is 12.0. The van der Waals surface area contributed by atoms with Crippen LogP contribution in [-0.4, -0.2) is 52.3 Å². The second-order valence-corrected chi connectivity index (χ2v) is 9.68. The molecule has 4 rings (SSSR count). The minimum atomic E-state index is -0.489. The molecule has 1 N–H and O–H groups in total. The molecule has 3 heterocycles. The summed E-state index contributed by atoms with van der Waals surface area (Å²) in [6, 6.07) is 7.95. The second-order valence-electron chi connectivity index (χ2n) is 9.68. The van der Waals surface area contributed by atoms with Crippen LogP contribution in [0.5, 0.6) is 0 Å². The van der Waals surface area contributed by atoms with Gasteiger partial charge in [0.2, 0.25) is 5.95 Å². The lowest BCUT2D eigenvalue weighted by Crippen LogP contribution is -2.51. The number of amides is 2. The van der Waals surface area contributed by atoms with E-state index in [1.807, 2.05) is 58.9 Å². The largest absolute Gasteiger partial charge is 0.444 e. The van der Waals surface area contributed by atoms with Gasteiger partial charge in [0.1, 0.15) is 18.0 Å². The molecule has 1 atom stereocenters. The van der Waals surface area contributed by atoms with Crippen molar-refractivity contribution < 1.29 is 19.1 Å². The molecule has 0 unspecified atom stereocenters. The number of hydrogen-bond donors (Lipinski definition) is 1. The molecule has 9 nitrogen and oxygen atoms in total. The van der Waals surface area contributed by atoms with Crippen LogP contribution in [0.25, 0.3) is 0 Å². The third kappa shape index (κ3) is 5.83. The Labute approximate surface area is 205 Å². The van der Waals surface area contributed by atoms with E-state index in [0.717, 1.165) is 16.7 Å². The van der Waals surface area contributed by atoms with Crippen LogP contribution in [0.1, 0.15) is 57.4 Å². The van der Waals surface area contributed by atoms with E-state index in [1.165, 1.54) is 4.90 Å². The fraction of sp³-hybridized carbons (Fsp3) is 0.462. The summed E-state index contributed by atoms with van der Waals surface area (Å²) in [5, 5.41) is 3.30. The van der Waals surface area contributed by atoms with Crippen molar-refractivity contribution in [2.24, 2.45) is 5.92 Å². The Kier molecular flexibility index (Phi) is 6.83. The fourth-order valence-corrected chi connectivity index (χ4v) is 3.75. The minimum absolute atomic E-state index is 0.0466. The maximum atomic E-state index is 12.0. The maximum Gasteiger partial charge on any atom is 0.415 e. The van der Waals surface area contributed by atoms with Gasteiger partial charge in [-0.25, -0.2) is 14.6 Å². The molecule has 1 fully saturated rings. The lowest BCUT2D eigenvalue weighted by atomic mass is 10.0. The number of aromatic nitrogens is 2. The molecule has 2 aliphatic rings. The standard InChI is InChI=1S/C26H31N5O4/c1-6-31-22-21(16-34-25(31)33)13-27-23(29-22)28-17(2)20-11-9-18(10-12-20)7-8-19-14-30(15-19)24(32)35-26(3,4)5/h9-13,17,19H,6,14-16H2,1-5H3,(H,27,28,29)/t17-/m0/s1. The first-order chi connectivity index (χ1) is 16.6. The first-order valence-corrected chi connectivity index (χ1v) is 11.8. The fourth-order valence-electron chi connectivity index (χ4n) is 3.75. The highest BCUT2D eigenvalue weighted by Crippen LogP contribution is 2.26. The van der Waals surface area contributed by atoms with E-state index < -0.39 is 11.7 Å². The Balaban J connectivity index is 1.33. The molecule has 1 saturated heterocycles. The number of fused-ring (bicyclic) bond motifs is 1. The normalized spacial score (nSPS) is 16.3. The number of likely N-dealkylation sites (tertiary alicyclic amines) is 1. The first kappa shape index (κ1) is 24.3. The van der Waals surface area contributed by atoms with Crippen LogP contribution in [0.4, 0.5) is 21.4 Å². The number of nitrogens with one attached hydrogen (secondary N) is 1. The molecular formula is C26H31N5O4. The number of carbonyl (C=O) groups is 2. The molecule has 35 heavy (non-hydrogen) atoms. The van der Waals surface area contributed by atoms with Gasteiger partial charge in [-0.15, -0.1) is 0 Å². The van der Waals surface area contributed by atoms with Crippen LogP contribution >= 0.6 is 0 Å². The van der Waals surface area contributed by atoms with Gasteiger partial charge in [0.05, 0.1) is 17.5 Å². The van der Waals surface area contributed by atoms with Crippen LogP contribution in [0.2, 0.25) is 0 Å². The number of ether oxygens (including phenoxy) is 2. The third-order valence-electron chi connectivity index (χ3n) is 5.70. The van der Waals surface area contributed by atoms with Crippen molar-refractivity contribution in [2.75, 3.05) is 29.9 Å². The Hall–Kier alpha value is -3.80. The summed E-state index contributed by atoms with van der Waals surface area (Å²) in [6.07, 6.45) is 1.01. The van der Waals surface area contributed by atoms with Gasteiger partial charge in [-0.1, -0.05) is 24.0 Å². The molecule has 2 amide bonds. The van der Waals surface area contributed by atoms with Gasteiger partial charge in [-0.05, 0) is 52.3 Å². The van der Waals surface area contributed by atoms with Gasteiger partial charge in [-0.2, -0.15) is 4.98 Å². The summed E-state index contributed by atoms with van der Waals surface area (Å²) in [5.41, 5.74) is 2.27. The molecule has 0 saturated carbocycles. The summed E-state index contributed by atoms with van der Waals surface area (Å²) >= 11 is 0. The topological polar surface area (TPSA) is 96.9 Å². The van der Waals surface area contributed by atoms with Crippen molar-refractivity contribution in [1.82, 2.24) is 14.9 Å². The molecule has 0 bridgehead atoms. The van der Waals surface area contributed by atoms with Crippen molar-refractivity contribution in [1.29, 1.82) is 0 Å². The van der Waals surface area contributed by atoms with Crippen LogP contribution in [0.3, 0.4) is 0 Å². The zero-order chi connectivity index (χ0) is 25.2. The van der Waals surface area contributed by atoms with E-state index in [4.69, 9.17) is 9.47 Å². The summed E-state index contributed by atoms with van der Waals surface area (Å²) < 4.78 is 10.5. The molecule has 1 aromatic carbocycles. The first-order valence-electron chi connectivity index (χ1n) is 11.8. The molecule has 9 heteroatoms. The number of benzene rings is 1. The minimum Gasteiger partial charge on any atom is -0.444 e. The highest BCUT2D eigenvalue weighted by molar-refractivity contribution is 5.89. The van der Waals surface area contributed by atoms with Crippen LogP contribution < -0.4 is 10.2 Å². The Morgan fingerprint density at radius 3 is 2.66 bits per heavy atom. The number of rotatable bonds is 4. The van der Waals surface area contributed by atoms with Crippen molar-refractivity contribution in [3.63, 3.8) is 0 Å². The van der Waals surface area contributed by atoms with Crippen molar-refractivity contribution >= 4 is 24.0 Å². The van der Waals surface area contributed by atoms with E-state index in [0.29, 0.717) is 31.4 Å². The van der Waals surface area contributed by atoms with Gasteiger partial charge in [-0.3, -0.25) is 4.90 Å². The van der Waals surface area contributed by atoms with Crippen LogP contribution in [0.15, 0.2) is 30.5 Å². The summed E-state index contributed by atoms with van der Waals surface area (Å²) in [7, 11) is 0. The zero-order valence-electron chi connectivity index (χ0n) is 20.8. The molecule has 0 radical (unpaired) electrons. The zero-order valence-corrected chi connectivity index (χ0v) is 20.8. The average molecular weight is 478 g/mol. The molecule has 0 aliphatic carbocycles. The lowest BCUT2D eigenvalue weighted by Gasteiger charge is -2.37. The van der Waals surface area contributed by atoms with E-state index in [1.54, 1.807) is 11.1 Å². The van der Waals surface area contributed by atoms with Crippen molar-refractivity contribution in [2.45, 2.75) is 52.9 Å². The van der Waals surface area contributed by atoms with Gasteiger partial charge >= 0.3 is 12.2 Å². The Bertz CT molecular complexity index is 1160. The Morgan fingerprint density at radius 2 is 2.00 bits per heavy atom. The monoisotopic (exact) mass is 477 g/mol. The lowest BCUT2D eigenvalue weighted by molar-refractivity contribution is 0.00591. The van der Waals surface area contributed by atoms with E-state index in [9.17, 15) is 9.59 Å². The van der Waals surface area contributed by atoms with Crippen molar-refractivity contribution in [3.8, 4) is 11.8 Å². The van der Waals surface area contributed by atoms with E-state index in [2.05, 4.69) is 27.1 Å². The predicted molar refractivity (Wildman–Crippen MR) is 132 cm³/mol. The number of nitrogens with zero attached hydrogens (tertiary/aromatic N) is 4. The third-order valence-corrected chi connectivity index (χ3v) is 5.70. The van der Waals surface area contributed by atoms with E-state index in [-0.39, 0.29) is 24.7 Å². The molecular weight excluding hydrogens is 446 g/mol. The van der Waals surface area contributed by atoms with Crippen LogP contribution in [-0.2, 0) is 16.1 Å². The molecule has 184 valence electrons. The Morgan fingerprint density at radius 1 is 1.29 bits per heavy atom. The predicted octanol–water partition coefficient (Wildman–Crippen LogP) is 4.34. The summed E-state index contributed by atoms with van der Waals surface area (Å²) in [4.78, 5) is 36.1. The summed E-state index contributed by atoms with van der Waals surface area (Å²) in [5.74, 6) is 7.62. The van der Waals surface area contributed by atoms with E-state index >= 15 is 0 Å². The molecule has 0 spiro atoms. The highest BCUT2D eigenvalue weighted by atomic mass is 16.6. The number of carbonyl (C=O) groups excluding carboxylic acids is 2. The van der Waals surface area contributed by atoms with Gasteiger partial charge in [0.25, 0.3) is 0 Å². The number of hydrogen-bond acceptors (Lipinski definition) is 7. The van der Waals surface area contributed by atoms with Gasteiger partial charge in [0.15, 0.2) is 0 Å². The molecule has 2 aliphatic heterocycles. The van der Waals surface area contributed by atoms with Crippen LogP contribution in [0, 0.1) is 17.8 Å². The smallest absolute Gasteiger partial charge is 0.415 e.